The van der Waals surface area contributed by atoms with Crippen LogP contribution in [0, 0.1) is 5.92 Å². The zero-order valence-electron chi connectivity index (χ0n) is 18.5. The molecule has 1 amide bonds. The molecule has 0 bridgehead atoms. The molecule has 2 heterocycles. The average molecular weight is 541 g/mol. The van der Waals surface area contributed by atoms with Gasteiger partial charge in [0.05, 0.1) is 19.8 Å². The van der Waals surface area contributed by atoms with Gasteiger partial charge in [0.1, 0.15) is 0 Å². The number of nitrogens with zero attached hydrogens (tertiary/aromatic N) is 3. The highest BCUT2D eigenvalue weighted by Gasteiger charge is 2.30. The van der Waals surface area contributed by atoms with Gasteiger partial charge in [0.2, 0.25) is 5.91 Å². The van der Waals surface area contributed by atoms with Crippen molar-refractivity contribution in [3.63, 3.8) is 0 Å². The molecule has 1 aromatic rings. The minimum Gasteiger partial charge on any atom is -0.379 e. The van der Waals surface area contributed by atoms with Gasteiger partial charge in [-0.1, -0.05) is 18.6 Å². The molecular formula is C23H36IN5O2. The van der Waals surface area contributed by atoms with E-state index in [0.717, 1.165) is 76.0 Å². The molecule has 3 aliphatic rings. The van der Waals surface area contributed by atoms with Gasteiger partial charge < -0.3 is 20.3 Å². The normalized spacial score (nSPS) is 22.5. The van der Waals surface area contributed by atoms with Crippen molar-refractivity contribution in [3.05, 3.63) is 29.8 Å². The number of hydrogen-bond acceptors (Lipinski definition) is 4. The minimum atomic E-state index is 0. The maximum Gasteiger partial charge on any atom is 0.227 e. The number of hydrogen-bond donors (Lipinski definition) is 2. The lowest BCUT2D eigenvalue weighted by molar-refractivity contribution is -0.122. The molecule has 2 saturated heterocycles. The van der Waals surface area contributed by atoms with Gasteiger partial charge in [0, 0.05) is 50.4 Å². The van der Waals surface area contributed by atoms with E-state index >= 15 is 0 Å². The number of anilines is 1. The molecule has 31 heavy (non-hydrogen) atoms. The van der Waals surface area contributed by atoms with E-state index in [1.807, 2.05) is 18.2 Å². The molecule has 0 aromatic heterocycles. The Hall–Kier alpha value is -1.39. The number of likely N-dealkylation sites (tertiary alicyclic amines) is 1. The van der Waals surface area contributed by atoms with Gasteiger partial charge in [0.25, 0.3) is 0 Å². The van der Waals surface area contributed by atoms with E-state index in [-0.39, 0.29) is 35.8 Å². The number of halogens is 1. The van der Waals surface area contributed by atoms with Gasteiger partial charge >= 0.3 is 0 Å². The van der Waals surface area contributed by atoms with Crippen LogP contribution in [0.1, 0.15) is 38.2 Å². The largest absolute Gasteiger partial charge is 0.379 e. The van der Waals surface area contributed by atoms with Crippen molar-refractivity contribution in [1.29, 1.82) is 0 Å². The summed E-state index contributed by atoms with van der Waals surface area (Å²) in [6.07, 6.45) is 4.38. The molecule has 1 aromatic carbocycles. The van der Waals surface area contributed by atoms with Crippen LogP contribution in [0.25, 0.3) is 0 Å². The third-order valence-corrected chi connectivity index (χ3v) is 6.44. The van der Waals surface area contributed by atoms with Crippen molar-refractivity contribution < 1.29 is 9.53 Å². The van der Waals surface area contributed by atoms with E-state index in [1.54, 1.807) is 0 Å². The first-order valence-electron chi connectivity index (χ1n) is 11.5. The van der Waals surface area contributed by atoms with Gasteiger partial charge in [-0.3, -0.25) is 9.69 Å². The number of aliphatic imine (C=N–C) groups is 1. The fourth-order valence-electron chi connectivity index (χ4n) is 4.43. The minimum absolute atomic E-state index is 0. The zero-order chi connectivity index (χ0) is 20.8. The number of rotatable bonds is 6. The van der Waals surface area contributed by atoms with Crippen LogP contribution < -0.4 is 10.6 Å². The molecule has 4 rings (SSSR count). The monoisotopic (exact) mass is 541 g/mol. The van der Waals surface area contributed by atoms with Crippen LogP contribution in [0.4, 0.5) is 5.69 Å². The number of morpholine rings is 1. The number of benzene rings is 1. The SMILES string of the molecule is CCNC(=NCc1cccc(NC(=O)C2CCC2)c1)N1CCC(N2CCOCC2)C1.I. The molecule has 1 saturated carbocycles. The Bertz CT molecular complexity index is 749. The molecule has 2 aliphatic heterocycles. The summed E-state index contributed by atoms with van der Waals surface area (Å²) < 4.78 is 5.50. The molecule has 7 nitrogen and oxygen atoms in total. The van der Waals surface area contributed by atoms with Crippen molar-refractivity contribution in [2.45, 2.75) is 45.2 Å². The van der Waals surface area contributed by atoms with Gasteiger partial charge in [-0.2, -0.15) is 0 Å². The van der Waals surface area contributed by atoms with E-state index < -0.39 is 0 Å². The predicted molar refractivity (Wildman–Crippen MR) is 135 cm³/mol. The lowest BCUT2D eigenvalue weighted by Crippen LogP contribution is -2.46. The summed E-state index contributed by atoms with van der Waals surface area (Å²) in [5, 5.41) is 6.52. The van der Waals surface area contributed by atoms with Crippen LogP contribution in [0.3, 0.4) is 0 Å². The second-order valence-corrected chi connectivity index (χ2v) is 8.52. The summed E-state index contributed by atoms with van der Waals surface area (Å²) >= 11 is 0. The first kappa shape index (κ1) is 24.3. The summed E-state index contributed by atoms with van der Waals surface area (Å²) in [5.74, 6) is 1.33. The standard InChI is InChI=1S/C23H35N5O2.HI/c1-2-24-23(28-10-9-21(17-28)27-11-13-30-14-12-27)25-16-18-5-3-8-20(15-18)26-22(29)19-6-4-7-19;/h3,5,8,15,19,21H,2,4,6-7,9-14,16-17H2,1H3,(H,24,25)(H,26,29);1H. The van der Waals surface area contributed by atoms with Crippen molar-refractivity contribution in [3.8, 4) is 0 Å². The van der Waals surface area contributed by atoms with Crippen LogP contribution in [0.2, 0.25) is 0 Å². The maximum absolute atomic E-state index is 12.2. The molecule has 172 valence electrons. The van der Waals surface area contributed by atoms with Crippen molar-refractivity contribution in [2.24, 2.45) is 10.9 Å². The quantitative estimate of drug-likeness (QED) is 0.330. The molecular weight excluding hydrogens is 505 g/mol. The van der Waals surface area contributed by atoms with E-state index in [0.29, 0.717) is 12.6 Å². The topological polar surface area (TPSA) is 69.2 Å². The van der Waals surface area contributed by atoms with Gasteiger partial charge in [-0.15, -0.1) is 24.0 Å². The van der Waals surface area contributed by atoms with E-state index in [1.165, 1.54) is 12.8 Å². The molecule has 1 unspecified atom stereocenters. The van der Waals surface area contributed by atoms with Crippen LogP contribution in [-0.4, -0.2) is 73.6 Å². The number of carbonyl (C=O) groups is 1. The third-order valence-electron chi connectivity index (χ3n) is 6.44. The summed E-state index contributed by atoms with van der Waals surface area (Å²) in [4.78, 5) is 22.1. The Kier molecular flexibility index (Phi) is 9.40. The Balaban J connectivity index is 0.00000272. The highest BCUT2D eigenvalue weighted by Crippen LogP contribution is 2.27. The fourth-order valence-corrected chi connectivity index (χ4v) is 4.43. The first-order chi connectivity index (χ1) is 14.7. The molecule has 0 radical (unpaired) electrons. The molecule has 2 N–H and O–H groups in total. The smallest absolute Gasteiger partial charge is 0.227 e. The fraction of sp³-hybridized carbons (Fsp3) is 0.652. The van der Waals surface area contributed by atoms with Crippen LogP contribution in [0.15, 0.2) is 29.3 Å². The zero-order valence-corrected chi connectivity index (χ0v) is 20.8. The average Bonchev–Trinajstić information content (AvgIpc) is 3.21. The molecule has 1 aliphatic carbocycles. The van der Waals surface area contributed by atoms with E-state index in [4.69, 9.17) is 9.73 Å². The molecule has 0 spiro atoms. The van der Waals surface area contributed by atoms with Crippen molar-refractivity contribution in [1.82, 2.24) is 15.1 Å². The predicted octanol–water partition coefficient (Wildman–Crippen LogP) is 2.92. The summed E-state index contributed by atoms with van der Waals surface area (Å²) in [6.45, 7) is 9.38. The van der Waals surface area contributed by atoms with Crippen LogP contribution in [0.5, 0.6) is 0 Å². The summed E-state index contributed by atoms with van der Waals surface area (Å²) in [6, 6.07) is 8.67. The van der Waals surface area contributed by atoms with Crippen LogP contribution in [-0.2, 0) is 16.1 Å². The molecule has 8 heteroatoms. The number of amides is 1. The lowest BCUT2D eigenvalue weighted by Gasteiger charge is -2.32. The second kappa shape index (κ2) is 12.0. The summed E-state index contributed by atoms with van der Waals surface area (Å²) in [7, 11) is 0. The van der Waals surface area contributed by atoms with Crippen molar-refractivity contribution in [2.75, 3.05) is 51.3 Å². The number of guanidine groups is 1. The third kappa shape index (κ3) is 6.55. The summed E-state index contributed by atoms with van der Waals surface area (Å²) in [5.41, 5.74) is 1.99. The van der Waals surface area contributed by atoms with E-state index in [9.17, 15) is 4.79 Å². The van der Waals surface area contributed by atoms with Gasteiger partial charge in [-0.05, 0) is 43.9 Å². The number of nitrogens with one attached hydrogen (secondary N) is 2. The first-order valence-corrected chi connectivity index (χ1v) is 11.5. The van der Waals surface area contributed by atoms with E-state index in [2.05, 4.69) is 33.4 Å². The maximum atomic E-state index is 12.2. The Morgan fingerprint density at radius 3 is 2.71 bits per heavy atom. The molecule has 3 fully saturated rings. The Morgan fingerprint density at radius 1 is 1.19 bits per heavy atom. The number of carbonyl (C=O) groups excluding carboxylic acids is 1. The van der Waals surface area contributed by atoms with Crippen molar-refractivity contribution >= 4 is 41.5 Å². The number of ether oxygens (including phenoxy) is 1. The van der Waals surface area contributed by atoms with Crippen LogP contribution >= 0.6 is 24.0 Å². The van der Waals surface area contributed by atoms with Gasteiger partial charge in [-0.25, -0.2) is 4.99 Å². The highest BCUT2D eigenvalue weighted by atomic mass is 127. The highest BCUT2D eigenvalue weighted by molar-refractivity contribution is 14.0. The van der Waals surface area contributed by atoms with Gasteiger partial charge in [0.15, 0.2) is 5.96 Å². The Morgan fingerprint density at radius 2 is 2.00 bits per heavy atom. The lowest BCUT2D eigenvalue weighted by atomic mass is 9.85. The molecule has 1 atom stereocenters. The Labute approximate surface area is 203 Å². The second-order valence-electron chi connectivity index (χ2n) is 8.52.